The molecule has 2 atom stereocenters. The Morgan fingerprint density at radius 3 is 2.36 bits per heavy atom. The number of carboxylic acids is 1. The van der Waals surface area contributed by atoms with E-state index in [0.717, 1.165) is 27.8 Å². The van der Waals surface area contributed by atoms with Crippen molar-refractivity contribution in [2.75, 3.05) is 14.1 Å². The molecule has 0 spiro atoms. The third kappa shape index (κ3) is 9.48. The monoisotopic (exact) mass is 534 g/mol. The van der Waals surface area contributed by atoms with E-state index in [0.29, 0.717) is 18.5 Å². The molecule has 2 N–H and O–H groups in total. The van der Waals surface area contributed by atoms with Gasteiger partial charge in [-0.15, -0.1) is 0 Å². The Labute approximate surface area is 231 Å². The second kappa shape index (κ2) is 14.4. The van der Waals surface area contributed by atoms with Gasteiger partial charge in [0.15, 0.2) is 0 Å². The number of benzene rings is 1. The van der Waals surface area contributed by atoms with Crippen molar-refractivity contribution < 1.29 is 14.7 Å². The van der Waals surface area contributed by atoms with Gasteiger partial charge in [-0.2, -0.15) is 0 Å². The van der Waals surface area contributed by atoms with Crippen molar-refractivity contribution in [3.8, 4) is 0 Å². The maximum Gasteiger partial charge on any atom is 0.305 e. The van der Waals surface area contributed by atoms with Gasteiger partial charge in [0.05, 0.1) is 12.5 Å². The number of hydrogen-bond donors (Lipinski definition) is 2. The molecule has 8 nitrogen and oxygen atoms in total. The van der Waals surface area contributed by atoms with Crippen molar-refractivity contribution in [2.24, 2.45) is 10.9 Å². The number of nitrogens with zero attached hydrogens (tertiary/aromatic N) is 3. The van der Waals surface area contributed by atoms with Crippen molar-refractivity contribution in [3.63, 3.8) is 0 Å². The number of allylic oxidation sites excluding steroid dienone is 1. The van der Waals surface area contributed by atoms with Gasteiger partial charge < -0.3 is 19.9 Å². The molecule has 1 heterocycles. The molecule has 0 unspecified atom stereocenters. The second-order valence-corrected chi connectivity index (χ2v) is 10.8. The molecule has 0 saturated heterocycles. The summed E-state index contributed by atoms with van der Waals surface area (Å²) in [6.07, 6.45) is 4.87. The van der Waals surface area contributed by atoms with Crippen LogP contribution in [0.25, 0.3) is 5.57 Å². The molecule has 0 bridgehead atoms. The van der Waals surface area contributed by atoms with Gasteiger partial charge in [-0.3, -0.25) is 19.4 Å². The Hall–Kier alpha value is -3.78. The number of aliphatic imine (C=N–C) groups is 1. The first-order valence-electron chi connectivity index (χ1n) is 13.1. The first kappa shape index (κ1) is 31.4. The van der Waals surface area contributed by atoms with Gasteiger partial charge in [-0.1, -0.05) is 38.6 Å². The molecule has 2 rings (SSSR count). The summed E-state index contributed by atoms with van der Waals surface area (Å²) in [5.74, 6) is -1.40. The lowest BCUT2D eigenvalue weighted by Gasteiger charge is -2.25. The quantitative estimate of drug-likeness (QED) is 0.361. The molecule has 210 valence electrons. The van der Waals surface area contributed by atoms with Crippen molar-refractivity contribution in [1.82, 2.24) is 14.8 Å². The number of carbonyl (C=O) groups excluding carboxylic acids is 1. The highest BCUT2D eigenvalue weighted by molar-refractivity contribution is 5.87. The van der Waals surface area contributed by atoms with Gasteiger partial charge in [0.2, 0.25) is 5.91 Å². The minimum atomic E-state index is -1.08. The summed E-state index contributed by atoms with van der Waals surface area (Å²) in [4.78, 5) is 44.4. The smallest absolute Gasteiger partial charge is 0.305 e. The summed E-state index contributed by atoms with van der Waals surface area (Å²) < 4.78 is 1.42. The first-order valence-corrected chi connectivity index (χ1v) is 13.1. The summed E-state index contributed by atoms with van der Waals surface area (Å²) in [6, 6.07) is 7.76. The number of hydrogen-bond acceptors (Lipinski definition) is 5. The summed E-state index contributed by atoms with van der Waals surface area (Å²) in [5.41, 5.74) is 5.26. The van der Waals surface area contributed by atoms with Gasteiger partial charge in [0, 0.05) is 31.2 Å². The van der Waals surface area contributed by atoms with Crippen LogP contribution in [0.15, 0.2) is 64.7 Å². The molecule has 0 aliphatic carbocycles. The minimum Gasteiger partial charge on any atom is -0.481 e. The van der Waals surface area contributed by atoms with E-state index in [4.69, 9.17) is 0 Å². The van der Waals surface area contributed by atoms with Crippen LogP contribution in [0.1, 0.15) is 61.9 Å². The van der Waals surface area contributed by atoms with Crippen LogP contribution in [0, 0.1) is 19.8 Å². The number of carboxylic acid groups (broad SMARTS) is 1. The number of pyridine rings is 1. The fourth-order valence-corrected chi connectivity index (χ4v) is 4.60. The molecule has 1 aromatic heterocycles. The van der Waals surface area contributed by atoms with Gasteiger partial charge in [-0.25, -0.2) is 0 Å². The topological polar surface area (TPSA) is 104 Å². The van der Waals surface area contributed by atoms with Gasteiger partial charge >= 0.3 is 5.97 Å². The van der Waals surface area contributed by atoms with Crippen LogP contribution in [0.4, 0.5) is 0 Å². The first-order chi connectivity index (χ1) is 18.3. The molecular formula is C31H42N4O4. The largest absolute Gasteiger partial charge is 0.481 e. The van der Waals surface area contributed by atoms with Crippen molar-refractivity contribution in [2.45, 2.75) is 66.1 Å². The van der Waals surface area contributed by atoms with Crippen LogP contribution >= 0.6 is 0 Å². The average Bonchev–Trinajstić information content (AvgIpc) is 2.81. The molecule has 0 fully saturated rings. The van der Waals surface area contributed by atoms with Crippen molar-refractivity contribution >= 4 is 23.7 Å². The Bertz CT molecular complexity index is 1280. The molecule has 39 heavy (non-hydrogen) atoms. The maximum atomic E-state index is 13.5. The summed E-state index contributed by atoms with van der Waals surface area (Å²) >= 11 is 0. The highest BCUT2D eigenvalue weighted by atomic mass is 16.4. The fraction of sp³-hybridized carbons (Fsp3) is 0.419. The van der Waals surface area contributed by atoms with E-state index < -0.39 is 24.0 Å². The van der Waals surface area contributed by atoms with Crippen LogP contribution in [0.5, 0.6) is 0 Å². The standard InChI is InChI=1S/C31H42N4O4/c1-20(2)14-27(35-13-12-25(15-28(35)36)19-34(7)8)31(39)33-26(16-29(37)38)23(5)17-32-18-24(6)30-21(3)10-9-11-22(30)4/h9-13,15,17-18,20,26-27H,5,14,16,19H2,1-4,6-8H3,(H,33,39)(H,37,38)/b24-18+,32-17-/t26-,27-/m0/s1. The predicted octanol–water partition coefficient (Wildman–Crippen LogP) is 4.76. The number of aryl methyl sites for hydroxylation is 2. The number of amides is 1. The summed E-state index contributed by atoms with van der Waals surface area (Å²) in [7, 11) is 3.83. The van der Waals surface area contributed by atoms with Crippen molar-refractivity contribution in [3.05, 3.63) is 87.5 Å². The lowest BCUT2D eigenvalue weighted by Crippen LogP contribution is -2.44. The third-order valence-electron chi connectivity index (χ3n) is 6.37. The molecule has 0 aliphatic rings. The molecule has 0 saturated carbocycles. The number of nitrogens with one attached hydrogen (secondary N) is 1. The van der Waals surface area contributed by atoms with Crippen LogP contribution in [0.3, 0.4) is 0 Å². The normalized spacial score (nSPS) is 13.6. The number of carbonyl (C=O) groups is 2. The van der Waals surface area contributed by atoms with Gasteiger partial charge in [0.25, 0.3) is 5.56 Å². The molecule has 1 aromatic carbocycles. The van der Waals surface area contributed by atoms with E-state index in [1.165, 1.54) is 16.8 Å². The Morgan fingerprint density at radius 2 is 1.82 bits per heavy atom. The lowest BCUT2D eigenvalue weighted by atomic mass is 9.97. The zero-order chi connectivity index (χ0) is 29.3. The minimum absolute atomic E-state index is 0.120. The van der Waals surface area contributed by atoms with E-state index in [9.17, 15) is 19.5 Å². The van der Waals surface area contributed by atoms with Crippen molar-refractivity contribution in [1.29, 1.82) is 0 Å². The van der Waals surface area contributed by atoms with E-state index >= 15 is 0 Å². The number of rotatable bonds is 13. The van der Waals surface area contributed by atoms with Crippen LogP contribution < -0.4 is 10.9 Å². The summed E-state index contributed by atoms with van der Waals surface area (Å²) in [5, 5.41) is 12.3. The second-order valence-electron chi connectivity index (χ2n) is 10.8. The molecule has 2 aromatic rings. The average molecular weight is 535 g/mol. The van der Waals surface area contributed by atoms with Crippen LogP contribution in [0.2, 0.25) is 0 Å². The molecule has 8 heteroatoms. The Morgan fingerprint density at radius 1 is 1.18 bits per heavy atom. The summed E-state index contributed by atoms with van der Waals surface area (Å²) in [6.45, 7) is 14.6. The van der Waals surface area contributed by atoms with E-state index in [1.54, 1.807) is 12.4 Å². The maximum absolute atomic E-state index is 13.5. The predicted molar refractivity (Wildman–Crippen MR) is 158 cm³/mol. The van der Waals surface area contributed by atoms with Crippen LogP contribution in [-0.2, 0) is 16.1 Å². The zero-order valence-corrected chi connectivity index (χ0v) is 24.2. The van der Waals surface area contributed by atoms with Gasteiger partial charge in [-0.05, 0) is 86.7 Å². The molecular weight excluding hydrogens is 492 g/mol. The van der Waals surface area contributed by atoms with Gasteiger partial charge in [0.1, 0.15) is 6.04 Å². The third-order valence-corrected chi connectivity index (χ3v) is 6.37. The van der Waals surface area contributed by atoms with E-state index in [1.807, 2.05) is 77.9 Å². The Balaban J connectivity index is 2.29. The SMILES string of the molecule is C=C(/C=N\C=C(/C)c1c(C)cccc1C)[C@H](CC(=O)O)NC(=O)[C@H](CC(C)C)n1ccc(CN(C)C)cc1=O. The number of aromatic nitrogens is 1. The zero-order valence-electron chi connectivity index (χ0n) is 24.2. The lowest BCUT2D eigenvalue weighted by molar-refractivity contribution is -0.137. The highest BCUT2D eigenvalue weighted by Crippen LogP contribution is 2.22. The fourth-order valence-electron chi connectivity index (χ4n) is 4.60. The highest BCUT2D eigenvalue weighted by Gasteiger charge is 2.27. The van der Waals surface area contributed by atoms with E-state index in [-0.39, 0.29) is 17.9 Å². The van der Waals surface area contributed by atoms with E-state index in [2.05, 4.69) is 16.9 Å². The molecule has 1 amide bonds. The molecule has 0 aliphatic heterocycles. The molecule has 0 radical (unpaired) electrons. The van der Waals surface area contributed by atoms with Crippen LogP contribution in [-0.4, -0.2) is 52.8 Å². The Kier molecular flexibility index (Phi) is 11.6. The number of aliphatic carboxylic acids is 1.